The average molecular weight is 207 g/mol. The smallest absolute Gasteiger partial charge is 0.378 e. The molecule has 1 aromatic heterocycles. The maximum Gasteiger partial charge on any atom is 0.378 e. The minimum atomic E-state index is -0.428. The molecule has 4 rings (SSSR count). The van der Waals surface area contributed by atoms with E-state index in [-0.39, 0.29) is 11.4 Å². The molecule has 3 fully saturated rings. The second kappa shape index (κ2) is 2.81. The minimum Gasteiger partial charge on any atom is -0.460 e. The largest absolute Gasteiger partial charge is 0.460 e. The predicted molar refractivity (Wildman–Crippen MR) is 51.3 cm³/mol. The van der Waals surface area contributed by atoms with Crippen molar-refractivity contribution in [2.24, 2.45) is 5.92 Å². The Kier molecular flexibility index (Phi) is 1.66. The monoisotopic (exact) mass is 207 g/mol. The number of aromatic nitrogens is 3. The highest BCUT2D eigenvalue weighted by Crippen LogP contribution is 2.61. The number of ether oxygens (including phenoxy) is 1. The second-order valence-corrected chi connectivity index (χ2v) is 4.44. The molecule has 0 spiro atoms. The van der Waals surface area contributed by atoms with Crippen molar-refractivity contribution < 1.29 is 9.53 Å². The molecule has 0 aromatic carbocycles. The fourth-order valence-corrected chi connectivity index (χ4v) is 2.49. The molecule has 0 unspecified atom stereocenters. The molecule has 1 aromatic rings. The fourth-order valence-electron chi connectivity index (χ4n) is 2.49. The lowest BCUT2D eigenvalue weighted by Gasteiger charge is -2.61. The van der Waals surface area contributed by atoms with Crippen LogP contribution in [0, 0.1) is 5.92 Å². The molecule has 5 heteroatoms. The van der Waals surface area contributed by atoms with E-state index < -0.39 is 5.97 Å². The van der Waals surface area contributed by atoms with Gasteiger partial charge in [0.15, 0.2) is 0 Å². The third-order valence-electron chi connectivity index (χ3n) is 3.44. The van der Waals surface area contributed by atoms with E-state index in [1.165, 1.54) is 19.3 Å². The molecule has 0 radical (unpaired) electrons. The quantitative estimate of drug-likeness (QED) is 0.693. The zero-order valence-electron chi connectivity index (χ0n) is 8.64. The molecule has 0 N–H and O–H groups in total. The van der Waals surface area contributed by atoms with Crippen LogP contribution in [0.25, 0.3) is 0 Å². The van der Waals surface area contributed by atoms with Crippen molar-refractivity contribution in [3.05, 3.63) is 12.2 Å². The van der Waals surface area contributed by atoms with Crippen molar-refractivity contribution >= 4 is 5.97 Å². The molecule has 3 aliphatic rings. The molecule has 5 nitrogen and oxygen atoms in total. The molecule has 80 valence electrons. The Morgan fingerprint density at radius 1 is 1.67 bits per heavy atom. The zero-order valence-corrected chi connectivity index (χ0v) is 8.64. The Morgan fingerprint density at radius 3 is 2.93 bits per heavy atom. The number of carbonyl (C=O) groups excluding carboxylic acids is 1. The van der Waals surface area contributed by atoms with Crippen molar-refractivity contribution in [3.8, 4) is 0 Å². The predicted octanol–water partition coefficient (Wildman–Crippen LogP) is 0.964. The zero-order chi connectivity index (χ0) is 10.5. The van der Waals surface area contributed by atoms with E-state index in [2.05, 4.69) is 10.1 Å². The first-order valence-corrected chi connectivity index (χ1v) is 5.33. The molecule has 0 saturated heterocycles. The first kappa shape index (κ1) is 8.88. The lowest BCUT2D eigenvalue weighted by atomic mass is 9.50. The van der Waals surface area contributed by atoms with Gasteiger partial charge in [-0.25, -0.2) is 14.5 Å². The summed E-state index contributed by atoms with van der Waals surface area (Å²) in [7, 11) is 0. The summed E-state index contributed by atoms with van der Waals surface area (Å²) in [4.78, 5) is 15.3. The van der Waals surface area contributed by atoms with Gasteiger partial charge in [0.2, 0.25) is 0 Å². The van der Waals surface area contributed by atoms with Gasteiger partial charge in [0.05, 0.1) is 12.1 Å². The normalized spacial score (nSPS) is 31.7. The van der Waals surface area contributed by atoms with Gasteiger partial charge in [0, 0.05) is 0 Å². The summed E-state index contributed by atoms with van der Waals surface area (Å²) in [5, 5.41) is 4.19. The van der Waals surface area contributed by atoms with Gasteiger partial charge in [-0.2, -0.15) is 0 Å². The average Bonchev–Trinajstić information content (AvgIpc) is 2.48. The van der Waals surface area contributed by atoms with Gasteiger partial charge in [-0.15, -0.1) is 5.10 Å². The van der Waals surface area contributed by atoms with Gasteiger partial charge in [-0.3, -0.25) is 0 Å². The van der Waals surface area contributed by atoms with Gasteiger partial charge in [0.1, 0.15) is 6.33 Å². The third-order valence-corrected chi connectivity index (χ3v) is 3.44. The summed E-state index contributed by atoms with van der Waals surface area (Å²) < 4.78 is 6.69. The number of hydrogen-bond donors (Lipinski definition) is 0. The van der Waals surface area contributed by atoms with E-state index in [9.17, 15) is 4.79 Å². The molecular weight excluding hydrogens is 194 g/mol. The molecule has 2 bridgehead atoms. The summed E-state index contributed by atoms with van der Waals surface area (Å²) in [6, 6.07) is 0. The van der Waals surface area contributed by atoms with Gasteiger partial charge in [-0.05, 0) is 32.1 Å². The van der Waals surface area contributed by atoms with Crippen LogP contribution in [0.2, 0.25) is 0 Å². The first-order chi connectivity index (χ1) is 7.23. The Balaban J connectivity index is 1.78. The maximum absolute atomic E-state index is 11.3. The van der Waals surface area contributed by atoms with Crippen LogP contribution in [0.1, 0.15) is 36.8 Å². The lowest BCUT2D eigenvalue weighted by molar-refractivity contribution is -0.0981. The number of rotatable bonds is 3. The summed E-state index contributed by atoms with van der Waals surface area (Å²) in [5.74, 6) is 0.643. The minimum absolute atomic E-state index is 0.182. The van der Waals surface area contributed by atoms with E-state index in [4.69, 9.17) is 4.74 Å². The molecule has 3 saturated carbocycles. The van der Waals surface area contributed by atoms with Gasteiger partial charge >= 0.3 is 5.97 Å². The van der Waals surface area contributed by atoms with Gasteiger partial charge < -0.3 is 4.74 Å². The first-order valence-electron chi connectivity index (χ1n) is 5.33. The van der Waals surface area contributed by atoms with Crippen LogP contribution in [0.15, 0.2) is 6.33 Å². The Morgan fingerprint density at radius 2 is 2.40 bits per heavy atom. The Hall–Kier alpha value is -1.39. The number of carbonyl (C=O) groups is 1. The lowest BCUT2D eigenvalue weighted by Crippen LogP contribution is -2.59. The molecular formula is C10H13N3O2. The van der Waals surface area contributed by atoms with Crippen LogP contribution in [0.3, 0.4) is 0 Å². The summed E-state index contributed by atoms with van der Waals surface area (Å²) in [5.41, 5.74) is 0.197. The van der Waals surface area contributed by atoms with E-state index in [1.54, 1.807) is 13.3 Å². The van der Waals surface area contributed by atoms with Crippen LogP contribution in [0.4, 0.5) is 0 Å². The highest BCUT2D eigenvalue weighted by atomic mass is 16.5. The number of esters is 1. The van der Waals surface area contributed by atoms with E-state index >= 15 is 0 Å². The van der Waals surface area contributed by atoms with Crippen molar-refractivity contribution in [2.45, 2.75) is 31.7 Å². The van der Waals surface area contributed by atoms with Crippen LogP contribution < -0.4 is 0 Å². The molecule has 0 aliphatic heterocycles. The highest BCUT2D eigenvalue weighted by molar-refractivity contribution is 5.84. The number of nitrogens with zero attached hydrogens (tertiary/aromatic N) is 3. The van der Waals surface area contributed by atoms with Crippen molar-refractivity contribution in [1.82, 2.24) is 14.8 Å². The highest BCUT2D eigenvalue weighted by Gasteiger charge is 2.58. The van der Waals surface area contributed by atoms with E-state index in [0.29, 0.717) is 6.61 Å². The molecule has 1 heterocycles. The van der Waals surface area contributed by atoms with Crippen LogP contribution in [-0.2, 0) is 10.3 Å². The fraction of sp³-hybridized carbons (Fsp3) is 0.700. The molecule has 0 atom stereocenters. The summed E-state index contributed by atoms with van der Waals surface area (Å²) in [6.07, 6.45) is 5.23. The summed E-state index contributed by atoms with van der Waals surface area (Å²) in [6.45, 7) is 2.14. The van der Waals surface area contributed by atoms with Crippen molar-refractivity contribution in [1.29, 1.82) is 0 Å². The standard InChI is InChI=1S/C10H13N3O2/c1-2-15-9(14)8-11-6-13(12-8)10-3-7(4-10)5-10/h6-7H,2-5H2,1H3. The topological polar surface area (TPSA) is 57.0 Å². The van der Waals surface area contributed by atoms with Gasteiger partial charge in [0.25, 0.3) is 5.82 Å². The van der Waals surface area contributed by atoms with Crippen molar-refractivity contribution in [3.63, 3.8) is 0 Å². The van der Waals surface area contributed by atoms with Gasteiger partial charge in [-0.1, -0.05) is 0 Å². The molecule has 0 amide bonds. The van der Waals surface area contributed by atoms with E-state index in [1.807, 2.05) is 4.68 Å². The van der Waals surface area contributed by atoms with Crippen LogP contribution in [-0.4, -0.2) is 27.3 Å². The SMILES string of the molecule is CCOC(=O)c1ncn(C23CC(C2)C3)n1. The number of hydrogen-bond acceptors (Lipinski definition) is 4. The van der Waals surface area contributed by atoms with Crippen molar-refractivity contribution in [2.75, 3.05) is 6.61 Å². The molecule has 15 heavy (non-hydrogen) atoms. The third kappa shape index (κ3) is 1.12. The van der Waals surface area contributed by atoms with Crippen LogP contribution >= 0.6 is 0 Å². The van der Waals surface area contributed by atoms with E-state index in [0.717, 1.165) is 5.92 Å². The summed E-state index contributed by atoms with van der Waals surface area (Å²) >= 11 is 0. The Labute approximate surface area is 87.4 Å². The Bertz CT molecular complexity index is 396. The van der Waals surface area contributed by atoms with Crippen LogP contribution in [0.5, 0.6) is 0 Å². The maximum atomic E-state index is 11.3. The molecule has 3 aliphatic carbocycles. The second-order valence-electron chi connectivity index (χ2n) is 4.44.